The van der Waals surface area contributed by atoms with E-state index in [4.69, 9.17) is 8.83 Å². The van der Waals surface area contributed by atoms with E-state index >= 15 is 0 Å². The Morgan fingerprint density at radius 3 is 2.79 bits per heavy atom. The van der Waals surface area contributed by atoms with Crippen LogP contribution in [0.3, 0.4) is 0 Å². The van der Waals surface area contributed by atoms with Gasteiger partial charge >= 0.3 is 0 Å². The first-order chi connectivity index (χ1) is 16.0. The molecule has 4 heterocycles. The average molecular weight is 540 g/mol. The summed E-state index contributed by atoms with van der Waals surface area (Å²) >= 11 is 3.20. The lowest BCUT2D eigenvalue weighted by Crippen LogP contribution is -2.41. The molecule has 1 atom stereocenters. The number of nitrogens with zero attached hydrogens (tertiary/aromatic N) is 4. The molecule has 0 saturated carbocycles. The fourth-order valence-corrected chi connectivity index (χ4v) is 4.28. The summed E-state index contributed by atoms with van der Waals surface area (Å²) in [7, 11) is 0. The average Bonchev–Trinajstić information content (AvgIpc) is 3.49. The lowest BCUT2D eigenvalue weighted by Gasteiger charge is -2.32. The summed E-state index contributed by atoms with van der Waals surface area (Å²) in [6.07, 6.45) is -1.36. The number of aliphatic hydroxyl groups is 1. The third kappa shape index (κ3) is 3.68. The first kappa shape index (κ1) is 22.6. The van der Waals surface area contributed by atoms with Crippen molar-refractivity contribution in [1.82, 2.24) is 24.8 Å². The number of nitrogens with one attached hydrogen (secondary N) is 1. The fraction of sp³-hybridized carbons (Fsp3) is 0.333. The third-order valence-corrected chi connectivity index (χ3v) is 5.88. The van der Waals surface area contributed by atoms with Crippen LogP contribution in [0, 0.1) is 5.82 Å². The second-order valence-corrected chi connectivity index (χ2v) is 9.21. The molecule has 4 aromatic rings. The normalized spacial score (nSPS) is 16.5. The molecule has 1 aliphatic rings. The summed E-state index contributed by atoms with van der Waals surface area (Å²) in [5, 5.41) is 10.2. The Bertz CT molecular complexity index is 1410. The molecule has 34 heavy (non-hydrogen) atoms. The van der Waals surface area contributed by atoms with Gasteiger partial charge in [0.1, 0.15) is 11.1 Å². The molecule has 2 N–H and O–H groups in total. The Morgan fingerprint density at radius 2 is 2.09 bits per heavy atom. The number of alkyl halides is 2. The van der Waals surface area contributed by atoms with E-state index in [1.807, 2.05) is 0 Å². The summed E-state index contributed by atoms with van der Waals surface area (Å²) in [5.41, 5.74) is -1.42. The van der Waals surface area contributed by atoms with Gasteiger partial charge in [0.15, 0.2) is 23.1 Å². The number of oxazole rings is 2. The van der Waals surface area contributed by atoms with Crippen LogP contribution in [0.25, 0.3) is 11.1 Å². The highest BCUT2D eigenvalue weighted by atomic mass is 79.9. The van der Waals surface area contributed by atoms with Gasteiger partial charge < -0.3 is 23.8 Å². The number of fused-ring (bicyclic) bond motifs is 2. The molecule has 178 valence electrons. The molecular weight excluding hydrogens is 523 g/mol. The molecule has 0 aliphatic carbocycles. The summed E-state index contributed by atoms with van der Waals surface area (Å²) in [6, 6.07) is 1.71. The van der Waals surface area contributed by atoms with Gasteiger partial charge in [0, 0.05) is 23.1 Å². The number of carbonyl (C=O) groups is 1. The quantitative estimate of drug-likeness (QED) is 0.394. The Balaban J connectivity index is 1.64. The van der Waals surface area contributed by atoms with Crippen LogP contribution in [0.15, 0.2) is 31.8 Å². The van der Waals surface area contributed by atoms with Crippen molar-refractivity contribution in [1.29, 1.82) is 0 Å². The number of carbonyl (C=O) groups excluding carboxylic acids is 1. The van der Waals surface area contributed by atoms with E-state index in [2.05, 4.69) is 35.9 Å². The number of aromatic nitrogens is 4. The zero-order chi connectivity index (χ0) is 24.4. The monoisotopic (exact) mass is 539 g/mol. The lowest BCUT2D eigenvalue weighted by atomic mass is 10.0. The maximum absolute atomic E-state index is 14.4. The number of imidazole rings is 1. The Kier molecular flexibility index (Phi) is 5.28. The molecule has 0 bridgehead atoms. The first-order valence-corrected chi connectivity index (χ1v) is 10.9. The molecule has 0 spiro atoms. The molecule has 13 heteroatoms. The summed E-state index contributed by atoms with van der Waals surface area (Å²) in [4.78, 5) is 30.0. The van der Waals surface area contributed by atoms with Gasteiger partial charge in [-0.15, -0.1) is 0 Å². The molecule has 3 aromatic heterocycles. The minimum absolute atomic E-state index is 0.0470. The van der Waals surface area contributed by atoms with Crippen LogP contribution in [0.2, 0.25) is 0 Å². The predicted octanol–water partition coefficient (Wildman–Crippen LogP) is 4.39. The van der Waals surface area contributed by atoms with Crippen LogP contribution >= 0.6 is 15.9 Å². The molecule has 1 amide bonds. The molecule has 0 saturated heterocycles. The number of amides is 1. The molecule has 0 unspecified atom stereocenters. The van der Waals surface area contributed by atoms with E-state index in [0.29, 0.717) is 22.3 Å². The molecule has 1 aromatic carbocycles. The maximum atomic E-state index is 14.4. The molecule has 5 rings (SSSR count). The second kappa shape index (κ2) is 7.94. The summed E-state index contributed by atoms with van der Waals surface area (Å²) in [6.45, 7) is 2.67. The molecular formula is C21H17BrF3N5O4. The Labute approximate surface area is 198 Å². The fourth-order valence-electron chi connectivity index (χ4n) is 3.86. The van der Waals surface area contributed by atoms with Crippen LogP contribution in [0.4, 0.5) is 13.2 Å². The van der Waals surface area contributed by atoms with Gasteiger partial charge in [-0.25, -0.2) is 28.1 Å². The Morgan fingerprint density at radius 1 is 1.32 bits per heavy atom. The third-order valence-electron chi connectivity index (χ3n) is 5.42. The topological polar surface area (TPSA) is 121 Å². The molecule has 0 fully saturated rings. The predicted molar refractivity (Wildman–Crippen MR) is 114 cm³/mol. The van der Waals surface area contributed by atoms with Crippen molar-refractivity contribution < 1.29 is 31.9 Å². The number of rotatable bonds is 4. The lowest BCUT2D eigenvalue weighted by molar-refractivity contribution is 0.0436. The van der Waals surface area contributed by atoms with Crippen LogP contribution in [0.5, 0.6) is 0 Å². The van der Waals surface area contributed by atoms with E-state index in [1.54, 1.807) is 6.07 Å². The number of aromatic amines is 1. The van der Waals surface area contributed by atoms with Crippen molar-refractivity contribution in [2.24, 2.45) is 0 Å². The summed E-state index contributed by atoms with van der Waals surface area (Å²) < 4.78 is 53.3. The molecule has 0 radical (unpaired) electrons. The number of benzene rings is 1. The van der Waals surface area contributed by atoms with E-state index < -0.39 is 47.1 Å². The molecule has 9 nitrogen and oxygen atoms in total. The highest BCUT2D eigenvalue weighted by molar-refractivity contribution is 9.10. The second-order valence-electron chi connectivity index (χ2n) is 8.30. The van der Waals surface area contributed by atoms with E-state index in [1.165, 1.54) is 31.1 Å². The van der Waals surface area contributed by atoms with Gasteiger partial charge in [-0.3, -0.25) is 4.79 Å². The van der Waals surface area contributed by atoms with Crippen LogP contribution < -0.4 is 0 Å². The van der Waals surface area contributed by atoms with Gasteiger partial charge in [-0.05, 0) is 26.0 Å². The van der Waals surface area contributed by atoms with Crippen molar-refractivity contribution in [2.45, 2.75) is 38.3 Å². The van der Waals surface area contributed by atoms with Gasteiger partial charge in [0.05, 0.1) is 12.0 Å². The first-order valence-electron chi connectivity index (χ1n) is 10.1. The van der Waals surface area contributed by atoms with E-state index in [-0.39, 0.29) is 23.5 Å². The minimum atomic E-state index is -3.13. The van der Waals surface area contributed by atoms with E-state index in [0.717, 1.165) is 0 Å². The van der Waals surface area contributed by atoms with Crippen molar-refractivity contribution in [3.63, 3.8) is 0 Å². The zero-order valence-electron chi connectivity index (χ0n) is 17.8. The number of hydrogen-bond donors (Lipinski definition) is 2. The molecule has 1 aliphatic heterocycles. The van der Waals surface area contributed by atoms with E-state index in [9.17, 15) is 23.1 Å². The number of H-pyrrole nitrogens is 1. The van der Waals surface area contributed by atoms with Crippen molar-refractivity contribution in [3.8, 4) is 0 Å². The number of halogens is 4. The van der Waals surface area contributed by atoms with Crippen molar-refractivity contribution in [2.75, 3.05) is 6.54 Å². The van der Waals surface area contributed by atoms with Crippen LogP contribution in [0.1, 0.15) is 65.7 Å². The smallest absolute Gasteiger partial charge is 0.292 e. The largest absolute Gasteiger partial charge is 0.435 e. The van der Waals surface area contributed by atoms with Crippen LogP contribution in [-0.4, -0.2) is 42.4 Å². The summed E-state index contributed by atoms with van der Waals surface area (Å²) in [5.74, 6) is -2.76. The highest BCUT2D eigenvalue weighted by Crippen LogP contribution is 2.38. The van der Waals surface area contributed by atoms with Crippen LogP contribution in [-0.2, 0) is 12.0 Å². The van der Waals surface area contributed by atoms with Crippen molar-refractivity contribution >= 4 is 32.9 Å². The maximum Gasteiger partial charge on any atom is 0.292 e. The highest BCUT2D eigenvalue weighted by Gasteiger charge is 2.42. The van der Waals surface area contributed by atoms with Gasteiger partial charge in [0.2, 0.25) is 17.5 Å². The SMILES string of the molecule is CC(C)(O)c1nc(C(F)F)c(C(=O)N2CCc3[nH]cnc3[C@H]2c2nc3cc(Br)cc(F)c3o2)o1. The standard InChI is InChI=1S/C21H17BrF3N5O4/c1-21(2,32)20-29-13(17(24)25)16(34-20)19(31)30-4-3-10-12(27-7-26-10)14(30)18-28-11-6-8(22)5-9(23)15(11)33-18/h5-7,14,17,32H,3-4H2,1-2H3,(H,26,27)/t14-/m0/s1. The number of hydrogen-bond acceptors (Lipinski definition) is 7. The van der Waals surface area contributed by atoms with Gasteiger partial charge in [-0.1, -0.05) is 15.9 Å². The zero-order valence-corrected chi connectivity index (χ0v) is 19.4. The van der Waals surface area contributed by atoms with Crippen molar-refractivity contribution in [3.05, 3.63) is 63.4 Å². The Hall–Kier alpha value is -3.19. The minimum Gasteiger partial charge on any atom is -0.435 e. The van der Waals surface area contributed by atoms with Gasteiger partial charge in [0.25, 0.3) is 12.3 Å². The van der Waals surface area contributed by atoms with Gasteiger partial charge in [-0.2, -0.15) is 0 Å².